The van der Waals surface area contributed by atoms with E-state index in [1.165, 1.54) is 0 Å². The van der Waals surface area contributed by atoms with Crippen molar-refractivity contribution in [2.75, 3.05) is 6.54 Å². The highest BCUT2D eigenvalue weighted by Gasteiger charge is 2.08. The van der Waals surface area contributed by atoms with E-state index in [2.05, 4.69) is 5.32 Å². The number of nitrogens with two attached hydrogens (primary N) is 2. The lowest BCUT2D eigenvalue weighted by atomic mass is 10.1. The summed E-state index contributed by atoms with van der Waals surface area (Å²) in [7, 11) is 0. The van der Waals surface area contributed by atoms with E-state index in [4.69, 9.17) is 22.0 Å². The molecule has 0 bridgehead atoms. The van der Waals surface area contributed by atoms with Gasteiger partial charge in [0.05, 0.1) is 0 Å². The van der Waals surface area contributed by atoms with Crippen molar-refractivity contribution in [3.63, 3.8) is 0 Å². The molecule has 0 aliphatic rings. The third kappa shape index (κ3) is 5.48. The molecule has 0 spiro atoms. The zero-order valence-electron chi connectivity index (χ0n) is 6.71. The van der Waals surface area contributed by atoms with Crippen molar-refractivity contribution in [1.29, 1.82) is 5.41 Å². The van der Waals surface area contributed by atoms with Gasteiger partial charge in [0.2, 0.25) is 0 Å². The first kappa shape index (κ1) is 10.7. The molecule has 0 heterocycles. The molecule has 0 rings (SSSR count). The van der Waals surface area contributed by atoms with E-state index in [-0.39, 0.29) is 25.0 Å². The molecule has 1 unspecified atom stereocenters. The SMILES string of the molecule is N=C(N)NC(CN)CCC(=O)O. The smallest absolute Gasteiger partial charge is 0.303 e. The summed E-state index contributed by atoms with van der Waals surface area (Å²) in [6, 6.07) is -0.224. The maximum absolute atomic E-state index is 10.2. The van der Waals surface area contributed by atoms with E-state index in [9.17, 15) is 4.79 Å². The van der Waals surface area contributed by atoms with Crippen LogP contribution in [0.5, 0.6) is 0 Å². The lowest BCUT2D eigenvalue weighted by Gasteiger charge is -2.14. The first-order valence-corrected chi connectivity index (χ1v) is 3.58. The Balaban J connectivity index is 3.67. The molecule has 12 heavy (non-hydrogen) atoms. The fraction of sp³-hybridized carbons (Fsp3) is 0.667. The van der Waals surface area contributed by atoms with Gasteiger partial charge >= 0.3 is 5.97 Å². The number of nitrogens with one attached hydrogen (secondary N) is 2. The van der Waals surface area contributed by atoms with Crippen LogP contribution in [0, 0.1) is 5.41 Å². The highest BCUT2D eigenvalue weighted by Crippen LogP contribution is 1.94. The molecule has 0 saturated heterocycles. The second-order valence-electron chi connectivity index (χ2n) is 2.42. The van der Waals surface area contributed by atoms with Gasteiger partial charge in [-0.25, -0.2) is 0 Å². The van der Waals surface area contributed by atoms with E-state index in [0.717, 1.165) is 0 Å². The summed E-state index contributed by atoms with van der Waals surface area (Å²) < 4.78 is 0. The van der Waals surface area contributed by atoms with E-state index >= 15 is 0 Å². The Morgan fingerprint density at radius 3 is 2.58 bits per heavy atom. The predicted molar refractivity (Wildman–Crippen MR) is 44.8 cm³/mol. The lowest BCUT2D eigenvalue weighted by molar-refractivity contribution is -0.137. The van der Waals surface area contributed by atoms with E-state index in [1.807, 2.05) is 0 Å². The molecule has 6 heteroatoms. The molecule has 0 fully saturated rings. The van der Waals surface area contributed by atoms with Crippen molar-refractivity contribution >= 4 is 11.9 Å². The van der Waals surface area contributed by atoms with Crippen molar-refractivity contribution in [2.24, 2.45) is 11.5 Å². The number of hydrogen-bond acceptors (Lipinski definition) is 3. The number of carbonyl (C=O) groups is 1. The van der Waals surface area contributed by atoms with Crippen LogP contribution in [-0.2, 0) is 4.79 Å². The van der Waals surface area contributed by atoms with E-state index in [1.54, 1.807) is 0 Å². The van der Waals surface area contributed by atoms with Gasteiger partial charge in [0.1, 0.15) is 0 Å². The second kappa shape index (κ2) is 5.36. The summed E-state index contributed by atoms with van der Waals surface area (Å²) >= 11 is 0. The average Bonchev–Trinajstić information content (AvgIpc) is 1.97. The maximum Gasteiger partial charge on any atom is 0.303 e. The third-order valence-corrected chi connectivity index (χ3v) is 1.35. The van der Waals surface area contributed by atoms with Gasteiger partial charge < -0.3 is 21.9 Å². The maximum atomic E-state index is 10.2. The topological polar surface area (TPSA) is 125 Å². The van der Waals surface area contributed by atoms with E-state index < -0.39 is 5.97 Å². The molecule has 7 N–H and O–H groups in total. The van der Waals surface area contributed by atoms with Crippen molar-refractivity contribution in [1.82, 2.24) is 5.32 Å². The Hall–Kier alpha value is -1.30. The Bertz CT molecular complexity index is 171. The van der Waals surface area contributed by atoms with Gasteiger partial charge in [-0.05, 0) is 6.42 Å². The number of carboxylic acids is 1. The van der Waals surface area contributed by atoms with Gasteiger partial charge in [-0.15, -0.1) is 0 Å². The van der Waals surface area contributed by atoms with Crippen LogP contribution in [0.15, 0.2) is 0 Å². The number of guanidine groups is 1. The first-order chi connectivity index (χ1) is 5.56. The summed E-state index contributed by atoms with van der Waals surface area (Å²) in [6.45, 7) is 0.271. The monoisotopic (exact) mass is 174 g/mol. The number of aliphatic carboxylic acids is 1. The number of rotatable bonds is 5. The molecular formula is C6H14N4O2. The minimum Gasteiger partial charge on any atom is -0.481 e. The molecule has 0 aliphatic heterocycles. The zero-order chi connectivity index (χ0) is 9.56. The van der Waals surface area contributed by atoms with Gasteiger partial charge in [-0.3, -0.25) is 10.2 Å². The second-order valence-corrected chi connectivity index (χ2v) is 2.42. The normalized spacial score (nSPS) is 12.1. The van der Waals surface area contributed by atoms with Crippen LogP contribution >= 0.6 is 0 Å². The van der Waals surface area contributed by atoms with E-state index in [0.29, 0.717) is 6.42 Å². The van der Waals surface area contributed by atoms with Crippen LogP contribution in [0.25, 0.3) is 0 Å². The molecule has 0 aliphatic carbocycles. The van der Waals surface area contributed by atoms with Crippen LogP contribution in [-0.4, -0.2) is 29.6 Å². The van der Waals surface area contributed by atoms with Crippen LogP contribution in [0.3, 0.4) is 0 Å². The molecule has 0 aromatic rings. The summed E-state index contributed by atoms with van der Waals surface area (Å²) in [4.78, 5) is 10.2. The summed E-state index contributed by atoms with van der Waals surface area (Å²) in [6.07, 6.45) is 0.410. The summed E-state index contributed by atoms with van der Waals surface area (Å²) in [5.41, 5.74) is 10.3. The minimum atomic E-state index is -0.876. The lowest BCUT2D eigenvalue weighted by Crippen LogP contribution is -2.43. The van der Waals surface area contributed by atoms with Crippen LogP contribution < -0.4 is 16.8 Å². The molecule has 1 atom stereocenters. The highest BCUT2D eigenvalue weighted by molar-refractivity contribution is 5.74. The highest BCUT2D eigenvalue weighted by atomic mass is 16.4. The zero-order valence-corrected chi connectivity index (χ0v) is 6.71. The standard InChI is InChI=1S/C6H14N4O2/c7-3-4(10-6(8)9)1-2-5(11)12/h4H,1-3,7H2,(H,11,12)(H4,8,9,10). The summed E-state index contributed by atoms with van der Waals surface area (Å²) in [5.74, 6) is -1.06. The minimum absolute atomic E-state index is 0.0299. The summed E-state index contributed by atoms with van der Waals surface area (Å²) in [5, 5.41) is 17.8. The molecule has 0 amide bonds. The Morgan fingerprint density at radius 2 is 2.25 bits per heavy atom. The first-order valence-electron chi connectivity index (χ1n) is 3.58. The van der Waals surface area contributed by atoms with Gasteiger partial charge in [-0.2, -0.15) is 0 Å². The average molecular weight is 174 g/mol. The van der Waals surface area contributed by atoms with Crippen LogP contribution in [0.1, 0.15) is 12.8 Å². The molecule has 6 nitrogen and oxygen atoms in total. The Morgan fingerprint density at radius 1 is 1.67 bits per heavy atom. The fourth-order valence-corrected chi connectivity index (χ4v) is 0.767. The predicted octanol–water partition coefficient (Wildman–Crippen LogP) is -1.34. The molecule has 0 aromatic carbocycles. The quantitative estimate of drug-likeness (QED) is 0.260. The fourth-order valence-electron chi connectivity index (χ4n) is 0.767. The van der Waals surface area contributed by atoms with Crippen molar-refractivity contribution < 1.29 is 9.90 Å². The number of hydrogen-bond donors (Lipinski definition) is 5. The van der Waals surface area contributed by atoms with Crippen molar-refractivity contribution in [3.8, 4) is 0 Å². The third-order valence-electron chi connectivity index (χ3n) is 1.35. The molecular weight excluding hydrogens is 160 g/mol. The Kier molecular flexibility index (Phi) is 4.78. The van der Waals surface area contributed by atoms with Crippen molar-refractivity contribution in [3.05, 3.63) is 0 Å². The van der Waals surface area contributed by atoms with Gasteiger partial charge in [-0.1, -0.05) is 0 Å². The van der Waals surface area contributed by atoms with Gasteiger partial charge in [0.15, 0.2) is 5.96 Å². The molecule has 0 radical (unpaired) electrons. The van der Waals surface area contributed by atoms with Crippen LogP contribution in [0.4, 0.5) is 0 Å². The molecule has 0 saturated carbocycles. The van der Waals surface area contributed by atoms with Crippen molar-refractivity contribution in [2.45, 2.75) is 18.9 Å². The van der Waals surface area contributed by atoms with Gasteiger partial charge in [0.25, 0.3) is 0 Å². The van der Waals surface area contributed by atoms with Crippen LogP contribution in [0.2, 0.25) is 0 Å². The largest absolute Gasteiger partial charge is 0.481 e. The number of carboxylic acid groups (broad SMARTS) is 1. The Labute approximate surface area is 70.4 Å². The molecule has 0 aromatic heterocycles. The van der Waals surface area contributed by atoms with Gasteiger partial charge in [0, 0.05) is 19.0 Å². The molecule has 70 valence electrons.